The van der Waals surface area contributed by atoms with Crippen molar-refractivity contribution in [3.8, 4) is 0 Å². The van der Waals surface area contributed by atoms with Gasteiger partial charge >= 0.3 is 5.97 Å². The molecule has 0 radical (unpaired) electrons. The molecule has 0 unspecified atom stereocenters. The molecule has 31 heavy (non-hydrogen) atoms. The molecule has 2 heterocycles. The molecule has 8 nitrogen and oxygen atoms in total. The Morgan fingerprint density at radius 2 is 2.00 bits per heavy atom. The van der Waals surface area contributed by atoms with E-state index >= 15 is 0 Å². The molecular formula is C22H25N5O3S. The highest BCUT2D eigenvalue weighted by Crippen LogP contribution is 2.32. The summed E-state index contributed by atoms with van der Waals surface area (Å²) in [5, 5.41) is 21.0. The number of aliphatic carboxylic acids is 1. The minimum Gasteiger partial charge on any atom is -0.480 e. The maximum atomic E-state index is 13.1. The van der Waals surface area contributed by atoms with Crippen molar-refractivity contribution in [1.82, 2.24) is 10.3 Å². The van der Waals surface area contributed by atoms with Gasteiger partial charge in [-0.3, -0.25) is 9.59 Å². The minimum atomic E-state index is -1.02. The summed E-state index contributed by atoms with van der Waals surface area (Å²) >= 11 is 1.27. The summed E-state index contributed by atoms with van der Waals surface area (Å²) in [5.41, 5.74) is 0.595. The van der Waals surface area contributed by atoms with E-state index in [1.54, 1.807) is 0 Å². The molecule has 2 aromatic carbocycles. The highest BCUT2D eigenvalue weighted by Gasteiger charge is 2.29. The van der Waals surface area contributed by atoms with E-state index in [4.69, 9.17) is 5.11 Å². The molecule has 1 fully saturated rings. The third-order valence-corrected chi connectivity index (χ3v) is 6.19. The van der Waals surface area contributed by atoms with Crippen LogP contribution in [0.5, 0.6) is 0 Å². The first-order chi connectivity index (χ1) is 14.8. The van der Waals surface area contributed by atoms with Crippen LogP contribution in [0.2, 0.25) is 0 Å². The van der Waals surface area contributed by atoms with E-state index < -0.39 is 5.97 Å². The summed E-state index contributed by atoms with van der Waals surface area (Å²) in [7, 11) is 0. The number of hydrogen-bond donors (Lipinski definition) is 4. The lowest BCUT2D eigenvalue weighted by atomic mass is 10.0. The van der Waals surface area contributed by atoms with E-state index in [0.717, 1.165) is 30.4 Å². The molecule has 0 atom stereocenters. The SMILES string of the molecule is CC1(C)CN(c2nc(NCC(=O)O)c(C(=O)Nc3ccc4ccccc4c3)s2)CCN1. The molecule has 9 heteroatoms. The number of benzene rings is 2. The van der Waals surface area contributed by atoms with Crippen molar-refractivity contribution in [3.63, 3.8) is 0 Å². The second-order valence-corrected chi connectivity index (χ2v) is 9.15. The Bertz CT molecular complexity index is 1130. The van der Waals surface area contributed by atoms with Crippen molar-refractivity contribution in [2.24, 2.45) is 0 Å². The van der Waals surface area contributed by atoms with E-state index in [2.05, 4.69) is 39.7 Å². The van der Waals surface area contributed by atoms with E-state index in [1.807, 2.05) is 42.5 Å². The fourth-order valence-corrected chi connectivity index (χ4v) is 4.60. The third-order valence-electron chi connectivity index (χ3n) is 5.08. The lowest BCUT2D eigenvalue weighted by Crippen LogP contribution is -2.57. The highest BCUT2D eigenvalue weighted by atomic mass is 32.1. The molecule has 3 aromatic rings. The van der Waals surface area contributed by atoms with Crippen molar-refractivity contribution < 1.29 is 14.7 Å². The maximum Gasteiger partial charge on any atom is 0.322 e. The molecule has 162 valence electrons. The van der Waals surface area contributed by atoms with Crippen LogP contribution in [-0.4, -0.2) is 53.7 Å². The van der Waals surface area contributed by atoms with E-state index in [-0.39, 0.29) is 23.8 Å². The van der Waals surface area contributed by atoms with Crippen molar-refractivity contribution in [1.29, 1.82) is 0 Å². The maximum absolute atomic E-state index is 13.1. The Labute approximate surface area is 184 Å². The van der Waals surface area contributed by atoms with Gasteiger partial charge < -0.3 is 26.0 Å². The summed E-state index contributed by atoms with van der Waals surface area (Å²) in [5.74, 6) is -1.04. The van der Waals surface area contributed by atoms with Crippen molar-refractivity contribution in [2.45, 2.75) is 19.4 Å². The smallest absolute Gasteiger partial charge is 0.322 e. The van der Waals surface area contributed by atoms with Crippen LogP contribution in [0.4, 0.5) is 16.6 Å². The first-order valence-electron chi connectivity index (χ1n) is 10.1. The van der Waals surface area contributed by atoms with Crippen LogP contribution in [0.3, 0.4) is 0 Å². The molecule has 1 aliphatic heterocycles. The average molecular weight is 440 g/mol. The Balaban J connectivity index is 1.60. The van der Waals surface area contributed by atoms with Gasteiger partial charge in [-0.05, 0) is 36.8 Å². The van der Waals surface area contributed by atoms with Gasteiger partial charge in [0.1, 0.15) is 11.4 Å². The third kappa shape index (κ3) is 4.95. The number of carboxylic acids is 1. The zero-order chi connectivity index (χ0) is 22.0. The van der Waals surface area contributed by atoms with Crippen molar-refractivity contribution in [2.75, 3.05) is 41.7 Å². The number of rotatable bonds is 6. The molecule has 4 N–H and O–H groups in total. The summed E-state index contributed by atoms with van der Waals surface area (Å²) < 4.78 is 0. The van der Waals surface area contributed by atoms with Gasteiger partial charge in [-0.15, -0.1) is 0 Å². The summed E-state index contributed by atoms with van der Waals surface area (Å²) in [6.07, 6.45) is 0. The van der Waals surface area contributed by atoms with E-state index in [0.29, 0.717) is 15.7 Å². The summed E-state index contributed by atoms with van der Waals surface area (Å²) in [6, 6.07) is 13.6. The normalized spacial score (nSPS) is 15.6. The number of anilines is 3. The van der Waals surface area contributed by atoms with Gasteiger partial charge in [0.2, 0.25) is 0 Å². The zero-order valence-electron chi connectivity index (χ0n) is 17.4. The lowest BCUT2D eigenvalue weighted by molar-refractivity contribution is -0.134. The Morgan fingerprint density at radius 3 is 2.74 bits per heavy atom. The molecule has 0 bridgehead atoms. The second kappa shape index (κ2) is 8.52. The average Bonchev–Trinajstić information content (AvgIpc) is 3.16. The van der Waals surface area contributed by atoms with Gasteiger partial charge in [-0.2, -0.15) is 0 Å². The largest absolute Gasteiger partial charge is 0.480 e. The molecule has 0 saturated carbocycles. The van der Waals surface area contributed by atoms with Crippen LogP contribution in [0.1, 0.15) is 23.5 Å². The number of nitrogens with one attached hydrogen (secondary N) is 3. The topological polar surface area (TPSA) is 107 Å². The van der Waals surface area contributed by atoms with Crippen LogP contribution in [0.15, 0.2) is 42.5 Å². The van der Waals surface area contributed by atoms with Crippen LogP contribution in [0.25, 0.3) is 10.8 Å². The Morgan fingerprint density at radius 1 is 1.23 bits per heavy atom. The van der Waals surface area contributed by atoms with Gasteiger partial charge in [0, 0.05) is 30.9 Å². The standard InChI is InChI=1S/C22H25N5O3S/c1-22(2)13-27(10-9-24-22)21-26-19(23-12-17(28)29)18(31-21)20(30)25-16-8-7-14-5-3-4-6-15(14)11-16/h3-8,11,23-24H,9-10,12-13H2,1-2H3,(H,25,30)(H,28,29). The number of nitrogens with zero attached hydrogens (tertiary/aromatic N) is 2. The molecule has 1 aromatic heterocycles. The first-order valence-corrected chi connectivity index (χ1v) is 10.9. The number of fused-ring (bicyclic) bond motifs is 1. The molecule has 1 saturated heterocycles. The predicted octanol–water partition coefficient (Wildman–Crippen LogP) is 3.23. The Hall–Kier alpha value is -3.17. The highest BCUT2D eigenvalue weighted by molar-refractivity contribution is 7.18. The number of carbonyl (C=O) groups excluding carboxylic acids is 1. The van der Waals surface area contributed by atoms with Crippen molar-refractivity contribution in [3.05, 3.63) is 47.3 Å². The van der Waals surface area contributed by atoms with Gasteiger partial charge in [-0.1, -0.05) is 41.7 Å². The molecule has 0 aliphatic carbocycles. The number of thiazole rings is 1. The van der Waals surface area contributed by atoms with E-state index in [9.17, 15) is 9.59 Å². The van der Waals surface area contributed by atoms with Crippen LogP contribution in [-0.2, 0) is 4.79 Å². The van der Waals surface area contributed by atoms with E-state index in [1.165, 1.54) is 11.3 Å². The zero-order valence-corrected chi connectivity index (χ0v) is 18.3. The number of aromatic nitrogens is 1. The van der Waals surface area contributed by atoms with Crippen LogP contribution in [0, 0.1) is 0 Å². The number of carboxylic acid groups (broad SMARTS) is 1. The lowest BCUT2D eigenvalue weighted by Gasteiger charge is -2.38. The molecule has 1 aliphatic rings. The van der Waals surface area contributed by atoms with Crippen molar-refractivity contribution >= 4 is 50.6 Å². The number of piperazine rings is 1. The monoisotopic (exact) mass is 439 g/mol. The van der Waals surface area contributed by atoms with Gasteiger partial charge in [0.05, 0.1) is 0 Å². The summed E-state index contributed by atoms with van der Waals surface area (Å²) in [4.78, 5) is 31.2. The molecule has 4 rings (SSSR count). The summed E-state index contributed by atoms with van der Waals surface area (Å²) in [6.45, 7) is 6.23. The number of carbonyl (C=O) groups is 2. The predicted molar refractivity (Wildman–Crippen MR) is 124 cm³/mol. The number of amides is 1. The van der Waals surface area contributed by atoms with Gasteiger partial charge in [0.15, 0.2) is 10.9 Å². The second-order valence-electron chi connectivity index (χ2n) is 8.17. The first kappa shape index (κ1) is 21.1. The number of hydrogen-bond acceptors (Lipinski definition) is 7. The fraction of sp³-hybridized carbons (Fsp3) is 0.318. The van der Waals surface area contributed by atoms with Gasteiger partial charge in [0.25, 0.3) is 5.91 Å². The quantitative estimate of drug-likeness (QED) is 0.467. The van der Waals surface area contributed by atoms with Crippen LogP contribution < -0.4 is 20.9 Å². The molecule has 0 spiro atoms. The fourth-order valence-electron chi connectivity index (χ4n) is 3.64. The van der Waals surface area contributed by atoms with Gasteiger partial charge in [-0.25, -0.2) is 4.98 Å². The molecular weight excluding hydrogens is 414 g/mol. The Kier molecular flexibility index (Phi) is 5.79. The van der Waals surface area contributed by atoms with Crippen LogP contribution >= 0.6 is 11.3 Å². The minimum absolute atomic E-state index is 0.0773. The molecule has 1 amide bonds.